The first-order chi connectivity index (χ1) is 16.1. The molecule has 1 atom stereocenters. The molecule has 0 aliphatic carbocycles. The van der Waals surface area contributed by atoms with Crippen LogP contribution in [0.4, 0.5) is 16.2 Å². The van der Waals surface area contributed by atoms with Crippen molar-refractivity contribution >= 4 is 29.4 Å². The van der Waals surface area contributed by atoms with Crippen LogP contribution in [-0.2, 0) is 11.3 Å². The van der Waals surface area contributed by atoms with E-state index in [0.717, 1.165) is 29.8 Å². The maximum absolute atomic E-state index is 12.9. The SMILES string of the molecule is CCCN1c2ccc(/C=C3/NC(=O)N(Cc4ccc([N+](=O)[O-])cc4)C3=O)cc2C(C)CC1(C)C. The fourth-order valence-corrected chi connectivity index (χ4v) is 5.03. The number of carbonyl (C=O) groups excluding carboxylic acids is 2. The number of anilines is 1. The molecule has 0 aromatic heterocycles. The summed E-state index contributed by atoms with van der Waals surface area (Å²) in [5.41, 5.74) is 4.25. The minimum absolute atomic E-state index is 0.0379. The van der Waals surface area contributed by atoms with Gasteiger partial charge in [0.1, 0.15) is 5.70 Å². The molecule has 0 radical (unpaired) electrons. The highest BCUT2D eigenvalue weighted by Gasteiger charge is 2.36. The first kappa shape index (κ1) is 23.5. The van der Waals surface area contributed by atoms with Crippen molar-refractivity contribution in [2.75, 3.05) is 11.4 Å². The number of carbonyl (C=O) groups is 2. The van der Waals surface area contributed by atoms with Gasteiger partial charge in [-0.05, 0) is 67.5 Å². The van der Waals surface area contributed by atoms with E-state index in [1.54, 1.807) is 18.2 Å². The fourth-order valence-electron chi connectivity index (χ4n) is 5.03. The minimum Gasteiger partial charge on any atom is -0.366 e. The molecule has 8 nitrogen and oxygen atoms in total. The van der Waals surface area contributed by atoms with Crippen molar-refractivity contribution in [2.45, 2.75) is 58.5 Å². The van der Waals surface area contributed by atoms with Gasteiger partial charge in [0.15, 0.2) is 0 Å². The van der Waals surface area contributed by atoms with E-state index in [1.807, 2.05) is 6.07 Å². The maximum Gasteiger partial charge on any atom is 0.329 e. The molecule has 0 saturated carbocycles. The van der Waals surface area contributed by atoms with E-state index in [9.17, 15) is 19.7 Å². The van der Waals surface area contributed by atoms with E-state index >= 15 is 0 Å². The Balaban J connectivity index is 1.56. The van der Waals surface area contributed by atoms with Crippen LogP contribution >= 0.6 is 0 Å². The van der Waals surface area contributed by atoms with E-state index < -0.39 is 16.9 Å². The first-order valence-electron chi connectivity index (χ1n) is 11.6. The topological polar surface area (TPSA) is 95.8 Å². The van der Waals surface area contributed by atoms with Gasteiger partial charge in [-0.2, -0.15) is 0 Å². The van der Waals surface area contributed by atoms with Gasteiger partial charge in [-0.1, -0.05) is 32.0 Å². The normalized spacial score (nSPS) is 20.5. The van der Waals surface area contributed by atoms with Crippen molar-refractivity contribution in [3.8, 4) is 0 Å². The second kappa shape index (κ2) is 8.93. The molecular formula is C26H30N4O4. The molecule has 2 aromatic rings. The van der Waals surface area contributed by atoms with Crippen molar-refractivity contribution in [1.29, 1.82) is 0 Å². The van der Waals surface area contributed by atoms with E-state index in [-0.39, 0.29) is 23.5 Å². The Morgan fingerprint density at radius 1 is 1.18 bits per heavy atom. The number of nitro benzene ring substituents is 1. The first-order valence-corrected chi connectivity index (χ1v) is 11.6. The third kappa shape index (κ3) is 4.40. The van der Waals surface area contributed by atoms with Crippen molar-refractivity contribution in [3.05, 3.63) is 75.0 Å². The second-order valence-corrected chi connectivity index (χ2v) is 9.69. The van der Waals surface area contributed by atoms with Gasteiger partial charge in [-0.15, -0.1) is 0 Å². The van der Waals surface area contributed by atoms with Gasteiger partial charge in [0.05, 0.1) is 11.5 Å². The van der Waals surface area contributed by atoms with Crippen LogP contribution in [-0.4, -0.2) is 33.8 Å². The summed E-state index contributed by atoms with van der Waals surface area (Å²) in [7, 11) is 0. The predicted molar refractivity (Wildman–Crippen MR) is 131 cm³/mol. The van der Waals surface area contributed by atoms with Crippen molar-refractivity contribution in [1.82, 2.24) is 10.2 Å². The summed E-state index contributed by atoms with van der Waals surface area (Å²) in [6.07, 6.45) is 3.82. The zero-order chi connectivity index (χ0) is 24.6. The number of imide groups is 1. The molecule has 2 aromatic carbocycles. The molecule has 1 fully saturated rings. The predicted octanol–water partition coefficient (Wildman–Crippen LogP) is 5.19. The van der Waals surface area contributed by atoms with Crippen LogP contribution in [0, 0.1) is 10.1 Å². The van der Waals surface area contributed by atoms with Crippen LogP contribution in [0.15, 0.2) is 48.2 Å². The van der Waals surface area contributed by atoms with Gasteiger partial charge in [0.25, 0.3) is 11.6 Å². The van der Waals surface area contributed by atoms with Crippen molar-refractivity contribution in [2.24, 2.45) is 0 Å². The molecular weight excluding hydrogens is 432 g/mol. The Morgan fingerprint density at radius 3 is 2.53 bits per heavy atom. The highest BCUT2D eigenvalue weighted by atomic mass is 16.6. The number of benzene rings is 2. The molecule has 34 heavy (non-hydrogen) atoms. The van der Waals surface area contributed by atoms with Crippen LogP contribution in [0.3, 0.4) is 0 Å². The number of nitrogens with zero attached hydrogens (tertiary/aromatic N) is 3. The summed E-state index contributed by atoms with van der Waals surface area (Å²) < 4.78 is 0. The zero-order valence-corrected chi connectivity index (χ0v) is 20.0. The Hall–Kier alpha value is -3.68. The average Bonchev–Trinajstić information content (AvgIpc) is 3.04. The number of amides is 3. The highest BCUT2D eigenvalue weighted by molar-refractivity contribution is 6.13. The van der Waals surface area contributed by atoms with Crippen LogP contribution in [0.1, 0.15) is 63.1 Å². The standard InChI is InChI=1S/C26H30N4O4/c1-5-12-29-23-11-8-19(13-21(23)17(2)15-26(29,3)4)14-22-24(31)28(25(32)27-22)16-18-6-9-20(10-7-18)30(33)34/h6-11,13-14,17H,5,12,15-16H2,1-4H3,(H,27,32)/b22-14+. The van der Waals surface area contributed by atoms with E-state index in [1.165, 1.54) is 23.4 Å². The quantitative estimate of drug-likeness (QED) is 0.276. The van der Waals surface area contributed by atoms with Crippen LogP contribution in [0.25, 0.3) is 6.08 Å². The molecule has 178 valence electrons. The molecule has 1 unspecified atom stereocenters. The number of rotatable bonds is 6. The summed E-state index contributed by atoms with van der Waals surface area (Å²) in [6.45, 7) is 10.0. The number of urea groups is 1. The Morgan fingerprint density at radius 2 is 1.88 bits per heavy atom. The molecule has 2 aliphatic heterocycles. The number of nitrogens with one attached hydrogen (secondary N) is 1. The van der Waals surface area contributed by atoms with Gasteiger partial charge >= 0.3 is 6.03 Å². The number of hydrogen-bond donors (Lipinski definition) is 1. The van der Waals surface area contributed by atoms with E-state index in [4.69, 9.17) is 0 Å². The Labute approximate surface area is 199 Å². The lowest BCUT2D eigenvalue weighted by Crippen LogP contribution is -2.48. The molecule has 4 rings (SSSR count). The summed E-state index contributed by atoms with van der Waals surface area (Å²) in [5.74, 6) is -0.0353. The third-order valence-corrected chi connectivity index (χ3v) is 6.62. The smallest absolute Gasteiger partial charge is 0.329 e. The van der Waals surface area contributed by atoms with Crippen LogP contribution < -0.4 is 10.2 Å². The monoisotopic (exact) mass is 462 g/mol. The lowest BCUT2D eigenvalue weighted by molar-refractivity contribution is -0.384. The summed E-state index contributed by atoms with van der Waals surface area (Å²) in [4.78, 5) is 39.3. The molecule has 3 amide bonds. The largest absolute Gasteiger partial charge is 0.366 e. The number of nitro groups is 1. The Bertz CT molecular complexity index is 1170. The maximum atomic E-state index is 12.9. The van der Waals surface area contributed by atoms with Gasteiger partial charge in [0.2, 0.25) is 0 Å². The summed E-state index contributed by atoms with van der Waals surface area (Å²) in [5, 5.41) is 13.5. The van der Waals surface area contributed by atoms with Gasteiger partial charge < -0.3 is 10.2 Å². The Kier molecular flexibility index (Phi) is 6.17. The van der Waals surface area contributed by atoms with Crippen LogP contribution in [0.2, 0.25) is 0 Å². The van der Waals surface area contributed by atoms with E-state index in [2.05, 4.69) is 50.0 Å². The second-order valence-electron chi connectivity index (χ2n) is 9.69. The van der Waals surface area contributed by atoms with Gasteiger partial charge in [-0.3, -0.25) is 19.8 Å². The molecule has 2 aliphatic rings. The molecule has 1 saturated heterocycles. The fraction of sp³-hybridized carbons (Fsp3) is 0.385. The molecule has 8 heteroatoms. The average molecular weight is 463 g/mol. The summed E-state index contributed by atoms with van der Waals surface area (Å²) >= 11 is 0. The third-order valence-electron chi connectivity index (χ3n) is 6.62. The zero-order valence-electron chi connectivity index (χ0n) is 20.0. The number of fused-ring (bicyclic) bond motifs is 1. The summed E-state index contributed by atoms with van der Waals surface area (Å²) in [6, 6.07) is 11.5. The molecule has 0 bridgehead atoms. The van der Waals surface area contributed by atoms with Gasteiger partial charge in [-0.25, -0.2) is 4.79 Å². The van der Waals surface area contributed by atoms with Crippen molar-refractivity contribution in [3.63, 3.8) is 0 Å². The molecule has 0 spiro atoms. The minimum atomic E-state index is -0.503. The van der Waals surface area contributed by atoms with Crippen LogP contribution in [0.5, 0.6) is 0 Å². The highest BCUT2D eigenvalue weighted by Crippen LogP contribution is 2.43. The van der Waals surface area contributed by atoms with Gasteiger partial charge in [0, 0.05) is 29.9 Å². The number of hydrogen-bond acceptors (Lipinski definition) is 5. The van der Waals surface area contributed by atoms with E-state index in [0.29, 0.717) is 11.5 Å². The molecule has 1 N–H and O–H groups in total. The lowest BCUT2D eigenvalue weighted by atomic mass is 9.79. The van der Waals surface area contributed by atoms with Crippen molar-refractivity contribution < 1.29 is 14.5 Å². The molecule has 2 heterocycles. The lowest BCUT2D eigenvalue weighted by Gasteiger charge is -2.47. The number of non-ortho nitro benzene ring substituents is 1.